The Labute approximate surface area is 119 Å². The van der Waals surface area contributed by atoms with E-state index in [2.05, 4.69) is 55.0 Å². The van der Waals surface area contributed by atoms with E-state index in [0.29, 0.717) is 0 Å². The van der Waals surface area contributed by atoms with Crippen molar-refractivity contribution in [1.29, 1.82) is 0 Å². The van der Waals surface area contributed by atoms with Crippen LogP contribution in [0.4, 0.5) is 0 Å². The van der Waals surface area contributed by atoms with Crippen LogP contribution in [-0.4, -0.2) is 10.8 Å². The lowest BCUT2D eigenvalue weighted by atomic mass is 10.3. The Balaban J connectivity index is 2.28. The molecule has 0 fully saturated rings. The van der Waals surface area contributed by atoms with Crippen molar-refractivity contribution in [1.82, 2.24) is 4.57 Å². The highest BCUT2D eigenvalue weighted by Crippen LogP contribution is 2.42. The molecule has 18 heavy (non-hydrogen) atoms. The summed E-state index contributed by atoms with van der Waals surface area (Å²) in [7, 11) is 0. The first-order valence-electron chi connectivity index (χ1n) is 5.76. The van der Waals surface area contributed by atoms with Gasteiger partial charge in [0.05, 0.1) is 11.4 Å². The van der Waals surface area contributed by atoms with Crippen LogP contribution >= 0.6 is 34.4 Å². The Kier molecular flexibility index (Phi) is 3.18. The van der Waals surface area contributed by atoms with Gasteiger partial charge in [-0.3, -0.25) is 0 Å². The molecule has 0 aliphatic carbocycles. The van der Waals surface area contributed by atoms with Crippen LogP contribution in [-0.2, 0) is 0 Å². The fourth-order valence-electron chi connectivity index (χ4n) is 2.26. The van der Waals surface area contributed by atoms with E-state index < -0.39 is 0 Å². The molecule has 0 aliphatic heterocycles. The second-order valence-electron chi connectivity index (χ2n) is 4.16. The minimum Gasteiger partial charge on any atom is -0.312 e. The van der Waals surface area contributed by atoms with E-state index in [-0.39, 0.29) is 0 Å². The number of fused-ring (bicyclic) bond motifs is 1. The summed E-state index contributed by atoms with van der Waals surface area (Å²) in [6.07, 6.45) is 2.15. The maximum atomic E-state index is 2.36. The van der Waals surface area contributed by atoms with Crippen molar-refractivity contribution in [3.05, 3.63) is 41.7 Å². The smallest absolute Gasteiger partial charge is 0.312 e. The average Bonchev–Trinajstić information content (AvgIpc) is 2.92. The summed E-state index contributed by atoms with van der Waals surface area (Å²) < 4.78 is 6.67. The van der Waals surface area contributed by atoms with Crippen LogP contribution in [0.2, 0.25) is 0 Å². The predicted molar refractivity (Wildman–Crippen MR) is 84.7 cm³/mol. The molecular formula is C14H14NS3+. The van der Waals surface area contributed by atoms with E-state index in [9.17, 15) is 0 Å². The van der Waals surface area contributed by atoms with E-state index in [0.717, 1.165) is 0 Å². The highest BCUT2D eigenvalue weighted by atomic mass is 32.2. The zero-order valence-corrected chi connectivity index (χ0v) is 13.0. The molecule has 0 saturated carbocycles. The fourth-order valence-corrected chi connectivity index (χ4v) is 5.63. The van der Waals surface area contributed by atoms with Gasteiger partial charge in [-0.25, -0.2) is 0 Å². The van der Waals surface area contributed by atoms with Crippen LogP contribution in [0.5, 0.6) is 0 Å². The summed E-state index contributed by atoms with van der Waals surface area (Å²) >= 11 is 5.67. The van der Waals surface area contributed by atoms with Gasteiger partial charge in [0, 0.05) is 5.69 Å². The Bertz CT molecular complexity index is 657. The first-order valence-corrected chi connectivity index (χ1v) is 8.62. The van der Waals surface area contributed by atoms with Gasteiger partial charge in [0.15, 0.2) is 9.40 Å². The van der Waals surface area contributed by atoms with Gasteiger partial charge >= 0.3 is 3.52 Å². The van der Waals surface area contributed by atoms with E-state index in [1.165, 1.54) is 30.0 Å². The minimum absolute atomic E-state index is 1.26. The SMILES string of the molecule is CSc1sc2c(C)n(-c3ccccc3)c(C)c2[s+]1. The lowest BCUT2D eigenvalue weighted by Gasteiger charge is -2.07. The van der Waals surface area contributed by atoms with Gasteiger partial charge in [0.25, 0.3) is 0 Å². The molecule has 2 heterocycles. The lowest BCUT2D eigenvalue weighted by molar-refractivity contribution is 0.976. The third kappa shape index (κ3) is 1.79. The average molecular weight is 292 g/mol. The third-order valence-electron chi connectivity index (χ3n) is 3.09. The molecule has 0 saturated heterocycles. The second kappa shape index (κ2) is 4.68. The maximum Gasteiger partial charge on any atom is 0.313 e. The Morgan fingerprint density at radius 2 is 1.83 bits per heavy atom. The maximum absolute atomic E-state index is 2.36. The first kappa shape index (κ1) is 12.2. The quantitative estimate of drug-likeness (QED) is 0.454. The summed E-state index contributed by atoms with van der Waals surface area (Å²) in [5.41, 5.74) is 3.97. The van der Waals surface area contributed by atoms with E-state index in [4.69, 9.17) is 0 Å². The van der Waals surface area contributed by atoms with Crippen molar-refractivity contribution in [3.63, 3.8) is 0 Å². The van der Waals surface area contributed by atoms with Gasteiger partial charge in [-0.2, -0.15) is 0 Å². The van der Waals surface area contributed by atoms with Crippen molar-refractivity contribution in [3.8, 4) is 5.69 Å². The largest absolute Gasteiger partial charge is 0.313 e. The zero-order chi connectivity index (χ0) is 12.7. The van der Waals surface area contributed by atoms with Crippen molar-refractivity contribution < 1.29 is 0 Å². The molecule has 2 aromatic heterocycles. The standard InChI is InChI=1S/C14H14NS3/c1-9-12-13(18-14(16-3)17-12)10(2)15(9)11-7-5-4-6-8-11/h4-8H,1-3H3/q+1. The molecule has 0 N–H and O–H groups in total. The number of hydrogen-bond acceptors (Lipinski definition) is 2. The molecule has 4 heteroatoms. The second-order valence-corrected chi connectivity index (χ2v) is 7.79. The van der Waals surface area contributed by atoms with Crippen LogP contribution in [0.3, 0.4) is 0 Å². The number of benzene rings is 1. The van der Waals surface area contributed by atoms with E-state index in [1.54, 1.807) is 0 Å². The number of rotatable bonds is 2. The lowest BCUT2D eigenvalue weighted by Crippen LogP contribution is -1.97. The van der Waals surface area contributed by atoms with Crippen LogP contribution in [0.1, 0.15) is 11.4 Å². The molecule has 1 nitrogen and oxygen atoms in total. The first-order chi connectivity index (χ1) is 8.72. The number of aromatic nitrogens is 1. The van der Waals surface area contributed by atoms with Gasteiger partial charge in [-0.1, -0.05) is 30.0 Å². The Morgan fingerprint density at radius 1 is 1.11 bits per heavy atom. The van der Waals surface area contributed by atoms with Crippen LogP contribution in [0, 0.1) is 13.8 Å². The van der Waals surface area contributed by atoms with Crippen molar-refractivity contribution in [2.45, 2.75) is 17.4 Å². The van der Waals surface area contributed by atoms with Gasteiger partial charge in [-0.15, -0.1) is 0 Å². The molecule has 0 unspecified atom stereocenters. The monoisotopic (exact) mass is 292 g/mol. The molecule has 3 rings (SSSR count). The highest BCUT2D eigenvalue weighted by molar-refractivity contribution is 8.02. The predicted octanol–water partition coefficient (Wildman–Crippen LogP) is 5.37. The van der Waals surface area contributed by atoms with E-state index >= 15 is 0 Å². The molecule has 0 aliphatic rings. The number of thioether (sulfide) groups is 1. The molecule has 0 spiro atoms. The summed E-state index contributed by atoms with van der Waals surface area (Å²) in [4.78, 5) is 0. The summed E-state index contributed by atoms with van der Waals surface area (Å²) in [5, 5.41) is 0. The van der Waals surface area contributed by atoms with Crippen LogP contribution in [0.15, 0.2) is 33.9 Å². The number of aryl methyl sites for hydroxylation is 2. The van der Waals surface area contributed by atoms with Crippen molar-refractivity contribution >= 4 is 43.8 Å². The van der Waals surface area contributed by atoms with E-state index in [1.807, 2.05) is 34.4 Å². The molecule has 0 atom stereocenters. The van der Waals surface area contributed by atoms with Gasteiger partial charge in [0.1, 0.15) is 22.7 Å². The number of hydrogen-bond donors (Lipinski definition) is 0. The fraction of sp³-hybridized carbons (Fsp3) is 0.214. The zero-order valence-electron chi connectivity index (χ0n) is 10.6. The molecule has 3 aromatic rings. The molecule has 1 aromatic carbocycles. The normalized spacial score (nSPS) is 11.3. The topological polar surface area (TPSA) is 4.93 Å². The molecule has 0 amide bonds. The van der Waals surface area contributed by atoms with Gasteiger partial charge in [0.2, 0.25) is 0 Å². The number of nitrogens with zero attached hydrogens (tertiary/aromatic N) is 1. The molecule has 0 bridgehead atoms. The minimum atomic E-state index is 1.26. The highest BCUT2D eigenvalue weighted by Gasteiger charge is 2.25. The molecule has 92 valence electrons. The molecular weight excluding hydrogens is 278 g/mol. The molecule has 0 radical (unpaired) electrons. The van der Waals surface area contributed by atoms with Crippen LogP contribution in [0.25, 0.3) is 15.1 Å². The number of para-hydroxylation sites is 1. The Hall–Kier alpha value is -0.840. The summed E-state index contributed by atoms with van der Waals surface area (Å²) in [6, 6.07) is 10.6. The van der Waals surface area contributed by atoms with Crippen molar-refractivity contribution in [2.24, 2.45) is 0 Å². The Morgan fingerprint density at radius 3 is 2.44 bits per heavy atom. The summed E-state index contributed by atoms with van der Waals surface area (Å²) in [5.74, 6) is 0. The summed E-state index contributed by atoms with van der Waals surface area (Å²) in [6.45, 7) is 4.44. The third-order valence-corrected chi connectivity index (χ3v) is 7.29. The van der Waals surface area contributed by atoms with Gasteiger partial charge in [-0.05, 0) is 32.2 Å². The van der Waals surface area contributed by atoms with Gasteiger partial charge < -0.3 is 4.57 Å². The van der Waals surface area contributed by atoms with Crippen molar-refractivity contribution in [2.75, 3.05) is 6.26 Å². The van der Waals surface area contributed by atoms with Crippen LogP contribution < -0.4 is 0 Å².